The standard InChI is InChI=1S/C18H20ClNOS/c1-4-17(22-15-10-8-14(19)9-11-15)18(21)20-16-7-5-6-12(2)13(16)3/h5-11,17H,4H2,1-3H3,(H,20,21)/t17-/m0/s1. The van der Waals surface area contributed by atoms with Crippen molar-refractivity contribution in [3.63, 3.8) is 0 Å². The van der Waals surface area contributed by atoms with Crippen LogP contribution in [0.3, 0.4) is 0 Å². The third kappa shape index (κ3) is 4.28. The number of rotatable bonds is 5. The molecule has 0 saturated carbocycles. The van der Waals surface area contributed by atoms with Gasteiger partial charge in [0.15, 0.2) is 0 Å². The number of benzene rings is 2. The number of halogens is 1. The van der Waals surface area contributed by atoms with Crippen molar-refractivity contribution in [2.45, 2.75) is 37.3 Å². The van der Waals surface area contributed by atoms with E-state index < -0.39 is 0 Å². The Kier molecular flexibility index (Phi) is 5.92. The Morgan fingerprint density at radius 1 is 1.18 bits per heavy atom. The number of nitrogens with one attached hydrogen (secondary N) is 1. The fourth-order valence-corrected chi connectivity index (χ4v) is 3.18. The number of hydrogen-bond acceptors (Lipinski definition) is 2. The van der Waals surface area contributed by atoms with Gasteiger partial charge in [0.2, 0.25) is 5.91 Å². The lowest BCUT2D eigenvalue weighted by Crippen LogP contribution is -2.25. The van der Waals surface area contributed by atoms with E-state index in [0.717, 1.165) is 22.6 Å². The number of carbonyl (C=O) groups excluding carboxylic acids is 1. The molecule has 0 bridgehead atoms. The fraction of sp³-hybridized carbons (Fsp3) is 0.278. The molecular formula is C18H20ClNOS. The lowest BCUT2D eigenvalue weighted by atomic mass is 10.1. The van der Waals surface area contributed by atoms with Crippen LogP contribution in [0.1, 0.15) is 24.5 Å². The second-order valence-corrected chi connectivity index (χ2v) is 6.92. The molecule has 0 aromatic heterocycles. The number of hydrogen-bond donors (Lipinski definition) is 1. The zero-order valence-corrected chi connectivity index (χ0v) is 14.6. The van der Waals surface area contributed by atoms with Crippen LogP contribution in [0.15, 0.2) is 47.4 Å². The highest BCUT2D eigenvalue weighted by atomic mass is 35.5. The van der Waals surface area contributed by atoms with Crippen molar-refractivity contribution in [2.24, 2.45) is 0 Å². The van der Waals surface area contributed by atoms with E-state index in [-0.39, 0.29) is 11.2 Å². The third-order valence-electron chi connectivity index (χ3n) is 3.62. The van der Waals surface area contributed by atoms with E-state index in [4.69, 9.17) is 11.6 Å². The highest BCUT2D eigenvalue weighted by Gasteiger charge is 2.18. The molecule has 2 rings (SSSR count). The monoisotopic (exact) mass is 333 g/mol. The summed E-state index contributed by atoms with van der Waals surface area (Å²) in [6.07, 6.45) is 0.768. The first-order valence-electron chi connectivity index (χ1n) is 7.30. The summed E-state index contributed by atoms with van der Waals surface area (Å²) in [7, 11) is 0. The van der Waals surface area contributed by atoms with Crippen LogP contribution in [-0.4, -0.2) is 11.2 Å². The normalized spacial score (nSPS) is 12.0. The van der Waals surface area contributed by atoms with E-state index in [1.54, 1.807) is 11.8 Å². The molecule has 1 atom stereocenters. The first-order chi connectivity index (χ1) is 10.5. The molecule has 0 aliphatic carbocycles. The smallest absolute Gasteiger partial charge is 0.237 e. The topological polar surface area (TPSA) is 29.1 Å². The predicted molar refractivity (Wildman–Crippen MR) is 95.9 cm³/mol. The molecule has 0 saturated heterocycles. The Balaban J connectivity index is 2.08. The molecule has 2 aromatic carbocycles. The van der Waals surface area contributed by atoms with Crippen molar-refractivity contribution >= 4 is 35.0 Å². The van der Waals surface area contributed by atoms with Gasteiger partial charge in [0, 0.05) is 15.6 Å². The van der Waals surface area contributed by atoms with Crippen molar-refractivity contribution in [2.75, 3.05) is 5.32 Å². The minimum atomic E-state index is -0.124. The number of amides is 1. The molecule has 0 aliphatic rings. The highest BCUT2D eigenvalue weighted by molar-refractivity contribution is 8.00. The molecule has 1 amide bonds. The van der Waals surface area contributed by atoms with Crippen molar-refractivity contribution < 1.29 is 4.79 Å². The van der Waals surface area contributed by atoms with E-state index in [9.17, 15) is 4.79 Å². The van der Waals surface area contributed by atoms with Gasteiger partial charge >= 0.3 is 0 Å². The quantitative estimate of drug-likeness (QED) is 0.735. The van der Waals surface area contributed by atoms with Gasteiger partial charge < -0.3 is 5.32 Å². The predicted octanol–water partition coefficient (Wildman–Crippen LogP) is 5.47. The van der Waals surface area contributed by atoms with E-state index in [0.29, 0.717) is 5.02 Å². The van der Waals surface area contributed by atoms with Gasteiger partial charge in [-0.05, 0) is 61.7 Å². The Hall–Kier alpha value is -1.45. The molecule has 0 radical (unpaired) electrons. The molecule has 0 fully saturated rings. The molecule has 0 aliphatic heterocycles. The summed E-state index contributed by atoms with van der Waals surface area (Å²) in [5.41, 5.74) is 3.18. The van der Waals surface area contributed by atoms with Gasteiger partial charge in [-0.25, -0.2) is 0 Å². The maximum Gasteiger partial charge on any atom is 0.237 e. The lowest BCUT2D eigenvalue weighted by molar-refractivity contribution is -0.115. The van der Waals surface area contributed by atoms with Gasteiger partial charge in [0.1, 0.15) is 0 Å². The minimum Gasteiger partial charge on any atom is -0.325 e. The summed E-state index contributed by atoms with van der Waals surface area (Å²) >= 11 is 7.46. The van der Waals surface area contributed by atoms with Gasteiger partial charge in [0.05, 0.1) is 5.25 Å². The maximum absolute atomic E-state index is 12.5. The number of anilines is 1. The van der Waals surface area contributed by atoms with Crippen molar-refractivity contribution in [1.29, 1.82) is 0 Å². The Labute approximate surface area is 141 Å². The van der Waals surface area contributed by atoms with Gasteiger partial charge in [-0.2, -0.15) is 0 Å². The Bertz CT molecular complexity index is 655. The molecule has 1 N–H and O–H groups in total. The van der Waals surface area contributed by atoms with Crippen molar-refractivity contribution in [3.8, 4) is 0 Å². The molecule has 22 heavy (non-hydrogen) atoms. The third-order valence-corrected chi connectivity index (χ3v) is 5.25. The average Bonchev–Trinajstić information content (AvgIpc) is 2.51. The largest absolute Gasteiger partial charge is 0.325 e. The summed E-state index contributed by atoms with van der Waals surface area (Å²) < 4.78 is 0. The van der Waals surface area contributed by atoms with Crippen molar-refractivity contribution in [1.82, 2.24) is 0 Å². The van der Waals surface area contributed by atoms with Gasteiger partial charge in [0.25, 0.3) is 0 Å². The zero-order valence-electron chi connectivity index (χ0n) is 13.0. The first-order valence-corrected chi connectivity index (χ1v) is 8.56. The van der Waals surface area contributed by atoms with Crippen molar-refractivity contribution in [3.05, 3.63) is 58.6 Å². The van der Waals surface area contributed by atoms with Gasteiger partial charge in [-0.15, -0.1) is 11.8 Å². The van der Waals surface area contributed by atoms with Crippen LogP contribution in [0.5, 0.6) is 0 Å². The highest BCUT2D eigenvalue weighted by Crippen LogP contribution is 2.28. The van der Waals surface area contributed by atoms with E-state index in [2.05, 4.69) is 5.32 Å². The Morgan fingerprint density at radius 2 is 1.86 bits per heavy atom. The molecule has 116 valence electrons. The SMILES string of the molecule is CC[C@H](Sc1ccc(Cl)cc1)C(=O)Nc1cccc(C)c1C. The molecule has 0 heterocycles. The molecule has 4 heteroatoms. The molecule has 0 spiro atoms. The molecule has 0 unspecified atom stereocenters. The second-order valence-electron chi connectivity index (χ2n) is 5.21. The van der Waals surface area contributed by atoms with Crippen LogP contribution in [-0.2, 0) is 4.79 Å². The first kappa shape index (κ1) is 16.9. The van der Waals surface area contributed by atoms with E-state index in [1.165, 1.54) is 5.56 Å². The van der Waals surface area contributed by atoms with E-state index >= 15 is 0 Å². The minimum absolute atomic E-state index is 0.0381. The van der Waals surface area contributed by atoms with Crippen LogP contribution in [0.25, 0.3) is 0 Å². The number of thioether (sulfide) groups is 1. The molecule has 2 aromatic rings. The van der Waals surface area contributed by atoms with Crippen LogP contribution in [0.2, 0.25) is 5.02 Å². The van der Waals surface area contributed by atoms with Gasteiger partial charge in [-0.1, -0.05) is 30.7 Å². The zero-order chi connectivity index (χ0) is 16.1. The fourth-order valence-electron chi connectivity index (χ4n) is 2.10. The average molecular weight is 334 g/mol. The van der Waals surface area contributed by atoms with Crippen LogP contribution in [0.4, 0.5) is 5.69 Å². The van der Waals surface area contributed by atoms with Gasteiger partial charge in [-0.3, -0.25) is 4.79 Å². The summed E-state index contributed by atoms with van der Waals surface area (Å²) in [5.74, 6) is 0.0381. The summed E-state index contributed by atoms with van der Waals surface area (Å²) in [5, 5.41) is 3.63. The summed E-state index contributed by atoms with van der Waals surface area (Å²) in [4.78, 5) is 13.6. The van der Waals surface area contributed by atoms with E-state index in [1.807, 2.05) is 63.2 Å². The second kappa shape index (κ2) is 7.70. The molecular weight excluding hydrogens is 314 g/mol. The number of aryl methyl sites for hydroxylation is 1. The number of carbonyl (C=O) groups is 1. The summed E-state index contributed by atoms with van der Waals surface area (Å²) in [6, 6.07) is 13.5. The lowest BCUT2D eigenvalue weighted by Gasteiger charge is -2.16. The van der Waals surface area contributed by atoms with Crippen LogP contribution >= 0.6 is 23.4 Å². The molecule has 2 nitrogen and oxygen atoms in total. The maximum atomic E-state index is 12.5. The summed E-state index contributed by atoms with van der Waals surface area (Å²) in [6.45, 7) is 6.10. The Morgan fingerprint density at radius 3 is 2.50 bits per heavy atom. The van der Waals surface area contributed by atoms with Crippen LogP contribution in [0, 0.1) is 13.8 Å². The van der Waals surface area contributed by atoms with Crippen LogP contribution < -0.4 is 5.32 Å².